The Bertz CT molecular complexity index is 831. The molecular formula is C15H7Br2ClN2O2S. The van der Waals surface area contributed by atoms with Gasteiger partial charge < -0.3 is 4.74 Å². The normalized spacial score (nSPS) is 10.6. The molecule has 0 fully saturated rings. The van der Waals surface area contributed by atoms with E-state index in [0.717, 1.165) is 11.3 Å². The monoisotopic (exact) mass is 472 g/mol. The van der Waals surface area contributed by atoms with Gasteiger partial charge >= 0.3 is 5.97 Å². The van der Waals surface area contributed by atoms with E-state index in [0.29, 0.717) is 25.3 Å². The number of aromatic nitrogens is 2. The maximum atomic E-state index is 12.2. The van der Waals surface area contributed by atoms with Crippen molar-refractivity contribution in [2.75, 3.05) is 0 Å². The maximum Gasteiger partial charge on any atom is 0.343 e. The highest BCUT2D eigenvalue weighted by Gasteiger charge is 2.16. The molecule has 116 valence electrons. The molecule has 0 unspecified atom stereocenters. The Morgan fingerprint density at radius 3 is 2.35 bits per heavy atom. The minimum atomic E-state index is -0.467. The van der Waals surface area contributed by atoms with Gasteiger partial charge in [0.1, 0.15) is 5.69 Å². The van der Waals surface area contributed by atoms with Crippen molar-refractivity contribution >= 4 is 61.0 Å². The largest absolute Gasteiger partial charge is 0.421 e. The van der Waals surface area contributed by atoms with Crippen LogP contribution >= 0.6 is 55.0 Å². The Kier molecular flexibility index (Phi) is 5.11. The van der Waals surface area contributed by atoms with Gasteiger partial charge in [-0.25, -0.2) is 4.79 Å². The van der Waals surface area contributed by atoms with E-state index in [-0.39, 0.29) is 0 Å². The van der Waals surface area contributed by atoms with Crippen molar-refractivity contribution in [3.05, 3.63) is 61.3 Å². The van der Waals surface area contributed by atoms with Crippen LogP contribution in [0, 0.1) is 0 Å². The molecule has 0 amide bonds. The average molecular weight is 475 g/mol. The van der Waals surface area contributed by atoms with Gasteiger partial charge in [-0.1, -0.05) is 16.1 Å². The van der Waals surface area contributed by atoms with Gasteiger partial charge in [0.2, 0.25) is 0 Å². The van der Waals surface area contributed by atoms with E-state index in [2.05, 4.69) is 41.4 Å². The van der Waals surface area contributed by atoms with Crippen LogP contribution in [-0.4, -0.2) is 15.6 Å². The molecule has 0 saturated heterocycles. The number of rotatable bonds is 3. The van der Waals surface area contributed by atoms with E-state index in [1.165, 1.54) is 11.5 Å². The van der Waals surface area contributed by atoms with E-state index >= 15 is 0 Å². The third kappa shape index (κ3) is 3.80. The topological polar surface area (TPSA) is 52.1 Å². The molecule has 0 saturated carbocycles. The fourth-order valence-corrected chi connectivity index (χ4v) is 3.77. The van der Waals surface area contributed by atoms with Crippen LogP contribution in [0.4, 0.5) is 0 Å². The molecular weight excluding hydrogens is 468 g/mol. The van der Waals surface area contributed by atoms with Crippen LogP contribution < -0.4 is 4.74 Å². The molecule has 0 N–H and O–H groups in total. The Hall–Kier alpha value is -1.28. The van der Waals surface area contributed by atoms with Crippen molar-refractivity contribution in [2.24, 2.45) is 0 Å². The molecule has 0 aliphatic rings. The zero-order chi connectivity index (χ0) is 16.4. The van der Waals surface area contributed by atoms with Crippen molar-refractivity contribution in [1.82, 2.24) is 9.59 Å². The number of carbonyl (C=O) groups excluding carboxylic acids is 1. The van der Waals surface area contributed by atoms with Gasteiger partial charge in [-0.15, -0.1) is 5.10 Å². The fraction of sp³-hybridized carbons (Fsp3) is 0. The number of carbonyl (C=O) groups is 1. The lowest BCUT2D eigenvalue weighted by Crippen LogP contribution is -2.09. The lowest BCUT2D eigenvalue weighted by atomic mass is 10.2. The quantitative estimate of drug-likeness (QED) is 0.366. The van der Waals surface area contributed by atoms with E-state index in [1.54, 1.807) is 24.3 Å². The van der Waals surface area contributed by atoms with Gasteiger partial charge in [-0.2, -0.15) is 0 Å². The van der Waals surface area contributed by atoms with Gasteiger partial charge in [0.25, 0.3) is 0 Å². The zero-order valence-corrected chi connectivity index (χ0v) is 16.0. The second-order valence-corrected chi connectivity index (χ2v) is 7.21. The molecule has 1 heterocycles. The minimum absolute atomic E-state index is 0.400. The Morgan fingerprint density at radius 2 is 1.78 bits per heavy atom. The van der Waals surface area contributed by atoms with E-state index < -0.39 is 5.97 Å². The van der Waals surface area contributed by atoms with Crippen LogP contribution in [0.2, 0.25) is 5.02 Å². The fourth-order valence-electron chi connectivity index (χ4n) is 1.83. The van der Waals surface area contributed by atoms with Crippen molar-refractivity contribution in [3.8, 4) is 17.0 Å². The summed E-state index contributed by atoms with van der Waals surface area (Å²) in [5.74, 6) is -0.0666. The Labute approximate surface area is 157 Å². The van der Waals surface area contributed by atoms with Crippen molar-refractivity contribution in [3.63, 3.8) is 0 Å². The van der Waals surface area contributed by atoms with Gasteiger partial charge in [0.15, 0.2) is 5.75 Å². The van der Waals surface area contributed by atoms with Crippen molar-refractivity contribution < 1.29 is 9.53 Å². The first kappa shape index (κ1) is 16.6. The lowest BCUT2D eigenvalue weighted by molar-refractivity contribution is 0.0732. The number of ether oxygens (including phenoxy) is 1. The number of nitrogens with zero attached hydrogens (tertiary/aromatic N) is 2. The number of hydrogen-bond acceptors (Lipinski definition) is 5. The predicted octanol–water partition coefficient (Wildman–Crippen LogP) is 5.60. The molecule has 23 heavy (non-hydrogen) atoms. The second-order valence-electron chi connectivity index (χ2n) is 4.46. The molecule has 0 bridgehead atoms. The third-order valence-electron chi connectivity index (χ3n) is 2.93. The van der Waals surface area contributed by atoms with Gasteiger partial charge in [0, 0.05) is 16.0 Å². The van der Waals surface area contributed by atoms with Gasteiger partial charge in [-0.05, 0) is 79.8 Å². The molecule has 1 aromatic heterocycles. The number of esters is 1. The lowest BCUT2D eigenvalue weighted by Gasteiger charge is -2.10. The maximum absolute atomic E-state index is 12.2. The Morgan fingerprint density at radius 1 is 1.13 bits per heavy atom. The molecule has 0 atom stereocenters. The van der Waals surface area contributed by atoms with E-state index in [9.17, 15) is 4.79 Å². The summed E-state index contributed by atoms with van der Waals surface area (Å²) in [6.07, 6.45) is 0. The second kappa shape index (κ2) is 7.09. The summed E-state index contributed by atoms with van der Waals surface area (Å²) in [5, 5.41) is 6.42. The van der Waals surface area contributed by atoms with Crippen LogP contribution in [0.15, 0.2) is 50.7 Å². The highest BCUT2D eigenvalue weighted by Crippen LogP contribution is 2.38. The molecule has 8 heteroatoms. The SMILES string of the molecule is O=C(Oc1c(Br)cc(-c2csnn2)cc1Br)c1ccc(Cl)cc1. The summed E-state index contributed by atoms with van der Waals surface area (Å²) in [6.45, 7) is 0. The zero-order valence-electron chi connectivity index (χ0n) is 11.3. The summed E-state index contributed by atoms with van der Waals surface area (Å²) >= 11 is 13.9. The van der Waals surface area contributed by atoms with Crippen LogP contribution in [0.3, 0.4) is 0 Å². The standard InChI is InChI=1S/C15H7Br2ClN2O2S/c16-11-5-9(13-7-23-20-19-13)6-12(17)14(11)22-15(21)8-1-3-10(18)4-2-8/h1-7H. The summed E-state index contributed by atoms with van der Waals surface area (Å²) in [5.41, 5.74) is 2.04. The highest BCUT2D eigenvalue weighted by molar-refractivity contribution is 9.11. The number of halogens is 3. The van der Waals surface area contributed by atoms with Crippen LogP contribution in [0.1, 0.15) is 10.4 Å². The smallest absolute Gasteiger partial charge is 0.343 e. The first-order valence-corrected chi connectivity index (χ1v) is 9.09. The molecule has 2 aromatic carbocycles. The van der Waals surface area contributed by atoms with E-state index in [1.807, 2.05) is 17.5 Å². The summed E-state index contributed by atoms with van der Waals surface area (Å²) in [6, 6.07) is 10.2. The van der Waals surface area contributed by atoms with Crippen LogP contribution in [0.5, 0.6) is 5.75 Å². The van der Waals surface area contributed by atoms with E-state index in [4.69, 9.17) is 16.3 Å². The Balaban J connectivity index is 1.88. The molecule has 3 aromatic rings. The summed E-state index contributed by atoms with van der Waals surface area (Å²) < 4.78 is 10.6. The van der Waals surface area contributed by atoms with Crippen LogP contribution in [0.25, 0.3) is 11.3 Å². The molecule has 0 aliphatic heterocycles. The first-order chi connectivity index (χ1) is 11.0. The highest BCUT2D eigenvalue weighted by atomic mass is 79.9. The van der Waals surface area contributed by atoms with Crippen molar-refractivity contribution in [1.29, 1.82) is 0 Å². The first-order valence-electron chi connectivity index (χ1n) is 6.29. The van der Waals surface area contributed by atoms with Crippen LogP contribution in [-0.2, 0) is 0 Å². The summed E-state index contributed by atoms with van der Waals surface area (Å²) in [4.78, 5) is 12.2. The third-order valence-corrected chi connectivity index (χ3v) is 4.86. The van der Waals surface area contributed by atoms with Crippen molar-refractivity contribution in [2.45, 2.75) is 0 Å². The minimum Gasteiger partial charge on any atom is -0.421 e. The molecule has 0 aliphatic carbocycles. The van der Waals surface area contributed by atoms with Gasteiger partial charge in [0.05, 0.1) is 14.5 Å². The predicted molar refractivity (Wildman–Crippen MR) is 97.2 cm³/mol. The summed E-state index contributed by atoms with van der Waals surface area (Å²) in [7, 11) is 0. The average Bonchev–Trinajstić information content (AvgIpc) is 3.05. The van der Waals surface area contributed by atoms with Gasteiger partial charge in [-0.3, -0.25) is 0 Å². The molecule has 4 nitrogen and oxygen atoms in total. The molecule has 0 spiro atoms. The molecule has 3 rings (SSSR count). The molecule has 0 radical (unpaired) electrons. The number of benzene rings is 2. The number of hydrogen-bond donors (Lipinski definition) is 0.